The summed E-state index contributed by atoms with van der Waals surface area (Å²) >= 11 is 1.31. The van der Waals surface area contributed by atoms with Gasteiger partial charge in [-0.1, -0.05) is 78.9 Å². The van der Waals surface area contributed by atoms with E-state index in [9.17, 15) is 4.79 Å². The van der Waals surface area contributed by atoms with Crippen molar-refractivity contribution in [2.24, 2.45) is 0 Å². The molecule has 0 aliphatic carbocycles. The first-order valence-corrected chi connectivity index (χ1v) is 9.21. The maximum atomic E-state index is 12.7. The molecule has 0 saturated heterocycles. The average molecular weight is 363 g/mol. The van der Waals surface area contributed by atoms with Crippen LogP contribution in [0.4, 0.5) is 5.13 Å². The Labute approximate surface area is 154 Å². The first-order valence-electron chi connectivity index (χ1n) is 8.39. The number of fused-ring (bicyclic) bond motifs is 1. The van der Waals surface area contributed by atoms with Crippen molar-refractivity contribution in [1.82, 2.24) is 19.8 Å². The third-order valence-corrected chi connectivity index (χ3v) is 4.99. The fourth-order valence-electron chi connectivity index (χ4n) is 2.89. The molecule has 2 aromatic heterocycles. The molecular formula is C19H17N5OS. The number of anilines is 1. The van der Waals surface area contributed by atoms with Crippen LogP contribution in [0.5, 0.6) is 0 Å². The van der Waals surface area contributed by atoms with Crippen molar-refractivity contribution in [1.29, 1.82) is 0 Å². The lowest BCUT2D eigenvalue weighted by atomic mass is 9.96. The van der Waals surface area contributed by atoms with Gasteiger partial charge in [0.25, 0.3) is 0 Å². The first-order chi connectivity index (χ1) is 12.8. The predicted octanol–water partition coefficient (Wildman–Crippen LogP) is 3.99. The van der Waals surface area contributed by atoms with Gasteiger partial charge in [0.1, 0.15) is 0 Å². The molecule has 4 aromatic rings. The lowest BCUT2D eigenvalue weighted by Gasteiger charge is -2.13. The highest BCUT2D eigenvalue weighted by atomic mass is 32.1. The fourth-order valence-corrected chi connectivity index (χ4v) is 3.63. The highest BCUT2D eigenvalue weighted by Crippen LogP contribution is 2.26. The largest absolute Gasteiger partial charge is 0.300 e. The number of aromatic nitrogens is 4. The zero-order valence-electron chi connectivity index (χ0n) is 14.2. The average Bonchev–Trinajstić information content (AvgIpc) is 3.24. The molecule has 1 atom stereocenters. The minimum atomic E-state index is -0.209. The van der Waals surface area contributed by atoms with E-state index in [1.54, 1.807) is 4.52 Å². The number of benzene rings is 2. The number of amides is 1. The molecule has 26 heavy (non-hydrogen) atoms. The highest BCUT2D eigenvalue weighted by molar-refractivity contribution is 7.20. The normalized spacial score (nSPS) is 12.2. The fraction of sp³-hybridized carbons (Fsp3) is 0.158. The molecule has 1 amide bonds. The summed E-state index contributed by atoms with van der Waals surface area (Å²) in [5.41, 5.74) is 1.93. The zero-order valence-corrected chi connectivity index (χ0v) is 15.0. The van der Waals surface area contributed by atoms with Gasteiger partial charge in [-0.15, -0.1) is 15.3 Å². The molecule has 7 heteroatoms. The quantitative estimate of drug-likeness (QED) is 0.582. The molecule has 0 bridgehead atoms. The Morgan fingerprint density at radius 2 is 1.77 bits per heavy atom. The molecule has 130 valence electrons. The molecule has 1 N–H and O–H groups in total. The van der Waals surface area contributed by atoms with Gasteiger partial charge in [0.15, 0.2) is 5.82 Å². The van der Waals surface area contributed by atoms with E-state index in [0.29, 0.717) is 15.9 Å². The molecule has 0 aliphatic rings. The van der Waals surface area contributed by atoms with Crippen LogP contribution in [0.3, 0.4) is 0 Å². The number of nitrogens with zero attached hydrogens (tertiary/aromatic N) is 4. The number of carbonyl (C=O) groups excluding carboxylic acids is 1. The van der Waals surface area contributed by atoms with E-state index >= 15 is 0 Å². The van der Waals surface area contributed by atoms with Crippen LogP contribution in [0.15, 0.2) is 60.7 Å². The van der Waals surface area contributed by atoms with E-state index < -0.39 is 0 Å². The molecular weight excluding hydrogens is 346 g/mol. The van der Waals surface area contributed by atoms with Crippen LogP contribution in [-0.2, 0) is 4.79 Å². The minimum Gasteiger partial charge on any atom is -0.300 e. The molecule has 0 unspecified atom stereocenters. The first kappa shape index (κ1) is 16.4. The Morgan fingerprint density at radius 1 is 1.08 bits per heavy atom. The summed E-state index contributed by atoms with van der Waals surface area (Å²) in [6, 6.07) is 19.5. The molecule has 0 radical (unpaired) electrons. The summed E-state index contributed by atoms with van der Waals surface area (Å²) in [6.07, 6.45) is 0.717. The maximum Gasteiger partial charge on any atom is 0.236 e. The van der Waals surface area contributed by atoms with Gasteiger partial charge in [-0.2, -0.15) is 4.52 Å². The van der Waals surface area contributed by atoms with E-state index in [4.69, 9.17) is 0 Å². The van der Waals surface area contributed by atoms with Crippen LogP contribution in [0.1, 0.15) is 24.8 Å². The molecule has 2 heterocycles. The standard InChI is InChI=1S/C19H17N5OS/c1-2-15(13-9-5-3-6-10-13)17(25)20-18-23-24-16(21-22-19(24)26-18)14-11-7-4-8-12-14/h3-12,15H,2H2,1H3,(H,20,23,25)/t15-/m1/s1. The molecule has 0 spiro atoms. The Kier molecular flexibility index (Phi) is 4.45. The van der Waals surface area contributed by atoms with Gasteiger partial charge in [-0.25, -0.2) is 0 Å². The van der Waals surface area contributed by atoms with E-state index in [1.165, 1.54) is 11.3 Å². The van der Waals surface area contributed by atoms with E-state index in [0.717, 1.165) is 17.5 Å². The van der Waals surface area contributed by atoms with Crippen molar-refractivity contribution in [3.63, 3.8) is 0 Å². The maximum absolute atomic E-state index is 12.7. The SMILES string of the molecule is CC[C@@H](C(=O)Nc1nn2c(-c3ccccc3)nnc2s1)c1ccccc1. The monoisotopic (exact) mass is 363 g/mol. The summed E-state index contributed by atoms with van der Waals surface area (Å²) in [5.74, 6) is 0.386. The molecule has 4 rings (SSSR count). The van der Waals surface area contributed by atoms with Crippen molar-refractivity contribution in [2.45, 2.75) is 19.3 Å². The predicted molar refractivity (Wildman–Crippen MR) is 102 cm³/mol. The van der Waals surface area contributed by atoms with Crippen LogP contribution < -0.4 is 5.32 Å². The second-order valence-electron chi connectivity index (χ2n) is 5.85. The van der Waals surface area contributed by atoms with Gasteiger partial charge in [0, 0.05) is 5.56 Å². The van der Waals surface area contributed by atoms with Gasteiger partial charge in [-0.05, 0) is 12.0 Å². The number of hydrogen-bond donors (Lipinski definition) is 1. The van der Waals surface area contributed by atoms with Crippen molar-refractivity contribution in [2.75, 3.05) is 5.32 Å². The van der Waals surface area contributed by atoms with Crippen molar-refractivity contribution in [3.8, 4) is 11.4 Å². The van der Waals surface area contributed by atoms with Crippen molar-refractivity contribution >= 4 is 27.3 Å². The van der Waals surface area contributed by atoms with Crippen LogP contribution in [0, 0.1) is 0 Å². The number of nitrogens with one attached hydrogen (secondary N) is 1. The molecule has 0 saturated carbocycles. The highest BCUT2D eigenvalue weighted by Gasteiger charge is 2.21. The summed E-state index contributed by atoms with van der Waals surface area (Å²) in [5, 5.41) is 16.3. The summed E-state index contributed by atoms with van der Waals surface area (Å²) < 4.78 is 1.67. The summed E-state index contributed by atoms with van der Waals surface area (Å²) in [4.78, 5) is 13.4. The van der Waals surface area contributed by atoms with Gasteiger partial charge in [0.05, 0.1) is 5.92 Å². The third-order valence-electron chi connectivity index (χ3n) is 4.18. The Morgan fingerprint density at radius 3 is 2.46 bits per heavy atom. The molecule has 0 aliphatic heterocycles. The van der Waals surface area contributed by atoms with E-state index in [2.05, 4.69) is 20.6 Å². The van der Waals surface area contributed by atoms with Crippen molar-refractivity contribution in [3.05, 3.63) is 66.2 Å². The second-order valence-corrected chi connectivity index (χ2v) is 6.81. The van der Waals surface area contributed by atoms with Crippen LogP contribution in [-0.4, -0.2) is 25.7 Å². The number of carbonyl (C=O) groups is 1. The smallest absolute Gasteiger partial charge is 0.236 e. The van der Waals surface area contributed by atoms with Gasteiger partial charge in [0.2, 0.25) is 16.0 Å². The zero-order chi connectivity index (χ0) is 17.9. The topological polar surface area (TPSA) is 72.2 Å². The van der Waals surface area contributed by atoms with Crippen LogP contribution >= 0.6 is 11.3 Å². The second kappa shape index (κ2) is 7.05. The van der Waals surface area contributed by atoms with Gasteiger partial charge in [-0.3, -0.25) is 10.1 Å². The summed E-state index contributed by atoms with van der Waals surface area (Å²) in [6.45, 7) is 2.00. The van der Waals surface area contributed by atoms with E-state index in [-0.39, 0.29) is 11.8 Å². The lowest BCUT2D eigenvalue weighted by Crippen LogP contribution is -2.20. The minimum absolute atomic E-state index is 0.0649. The van der Waals surface area contributed by atoms with Crippen molar-refractivity contribution < 1.29 is 4.79 Å². The molecule has 2 aromatic carbocycles. The summed E-state index contributed by atoms with van der Waals surface area (Å²) in [7, 11) is 0. The van der Waals surface area contributed by atoms with Crippen LogP contribution in [0.2, 0.25) is 0 Å². The Hall–Kier alpha value is -3.06. The third kappa shape index (κ3) is 3.09. The molecule has 6 nitrogen and oxygen atoms in total. The Balaban J connectivity index is 1.60. The molecule has 0 fully saturated rings. The van der Waals surface area contributed by atoms with E-state index in [1.807, 2.05) is 67.6 Å². The van der Waals surface area contributed by atoms with Crippen LogP contribution in [0.25, 0.3) is 16.3 Å². The number of hydrogen-bond acceptors (Lipinski definition) is 5. The lowest BCUT2D eigenvalue weighted by molar-refractivity contribution is -0.117. The van der Waals surface area contributed by atoms with Gasteiger partial charge < -0.3 is 0 Å². The van der Waals surface area contributed by atoms with Gasteiger partial charge >= 0.3 is 0 Å². The Bertz CT molecular complexity index is 1030. The number of rotatable bonds is 5.